The maximum Gasteiger partial charge on any atom is 0.104 e. The molecular weight excluding hydrogens is 242 g/mol. The molecular formula is C15H21NOS. The molecule has 3 heteroatoms. The molecule has 1 aliphatic rings. The third-order valence-electron chi connectivity index (χ3n) is 3.40. The summed E-state index contributed by atoms with van der Waals surface area (Å²) in [6, 6.07) is 4.22. The zero-order valence-corrected chi connectivity index (χ0v) is 11.8. The minimum atomic E-state index is -0.0575. The number of aliphatic hydroxyl groups is 1. The zero-order chi connectivity index (χ0) is 12.8. The van der Waals surface area contributed by atoms with E-state index in [1.165, 1.54) is 37.2 Å². The topological polar surface area (TPSA) is 23.5 Å². The number of nitrogens with zero attached hydrogens (tertiary/aromatic N) is 1. The van der Waals surface area contributed by atoms with Gasteiger partial charge in [-0.25, -0.2) is 0 Å². The van der Waals surface area contributed by atoms with Crippen molar-refractivity contribution >= 4 is 11.3 Å². The van der Waals surface area contributed by atoms with E-state index in [1.807, 2.05) is 0 Å². The fourth-order valence-electron chi connectivity index (χ4n) is 2.58. The lowest BCUT2D eigenvalue weighted by Gasteiger charge is -2.14. The second-order valence-corrected chi connectivity index (χ2v) is 6.07. The number of likely N-dealkylation sites (tertiary alicyclic amines) is 1. The molecule has 0 aromatic carbocycles. The van der Waals surface area contributed by atoms with E-state index in [4.69, 9.17) is 5.11 Å². The first-order valence-corrected chi connectivity index (χ1v) is 7.54. The predicted molar refractivity (Wildman–Crippen MR) is 76.6 cm³/mol. The van der Waals surface area contributed by atoms with E-state index >= 15 is 0 Å². The van der Waals surface area contributed by atoms with E-state index in [1.54, 1.807) is 11.3 Å². The van der Waals surface area contributed by atoms with Crippen LogP contribution in [0.15, 0.2) is 12.1 Å². The molecule has 0 saturated carbocycles. The standard InChI is InChI=1S/C15H21NOS/c1-2-4-13-8-9-16(11-13)12-15-7-6-14(18-15)5-3-10-17/h6-7,13,17H,2,4,8-12H2,1H3. The highest BCUT2D eigenvalue weighted by Gasteiger charge is 2.21. The second kappa shape index (κ2) is 6.94. The van der Waals surface area contributed by atoms with E-state index in [0.29, 0.717) is 0 Å². The Morgan fingerprint density at radius 2 is 2.39 bits per heavy atom. The van der Waals surface area contributed by atoms with Gasteiger partial charge in [-0.3, -0.25) is 4.90 Å². The van der Waals surface area contributed by atoms with E-state index in [2.05, 4.69) is 35.8 Å². The fraction of sp³-hybridized carbons (Fsp3) is 0.600. The highest BCUT2D eigenvalue weighted by molar-refractivity contribution is 7.12. The van der Waals surface area contributed by atoms with Crippen molar-refractivity contribution in [1.82, 2.24) is 4.90 Å². The van der Waals surface area contributed by atoms with Gasteiger partial charge in [0.05, 0.1) is 4.88 Å². The Hall–Kier alpha value is -0.820. The van der Waals surface area contributed by atoms with E-state index < -0.39 is 0 Å². The van der Waals surface area contributed by atoms with Crippen molar-refractivity contribution in [2.45, 2.75) is 32.7 Å². The minimum absolute atomic E-state index is 0.0575. The van der Waals surface area contributed by atoms with Gasteiger partial charge in [-0.15, -0.1) is 11.3 Å². The molecule has 0 bridgehead atoms. The van der Waals surface area contributed by atoms with Crippen LogP contribution in [0.1, 0.15) is 35.9 Å². The molecule has 1 N–H and O–H groups in total. The summed E-state index contributed by atoms with van der Waals surface area (Å²) in [5, 5.41) is 8.67. The number of rotatable bonds is 4. The van der Waals surface area contributed by atoms with E-state index in [0.717, 1.165) is 17.3 Å². The average molecular weight is 263 g/mol. The Bertz CT molecular complexity index is 429. The molecule has 1 saturated heterocycles. The lowest BCUT2D eigenvalue weighted by molar-refractivity contribution is 0.315. The van der Waals surface area contributed by atoms with Gasteiger partial charge in [-0.05, 0) is 37.4 Å². The van der Waals surface area contributed by atoms with Crippen LogP contribution in [0.3, 0.4) is 0 Å². The molecule has 0 spiro atoms. The van der Waals surface area contributed by atoms with Crippen LogP contribution in [0.25, 0.3) is 0 Å². The first-order chi connectivity index (χ1) is 8.81. The van der Waals surface area contributed by atoms with E-state index in [9.17, 15) is 0 Å². The molecule has 1 aliphatic heterocycles. The smallest absolute Gasteiger partial charge is 0.104 e. The quantitative estimate of drug-likeness (QED) is 0.844. The van der Waals surface area contributed by atoms with Crippen molar-refractivity contribution in [3.05, 3.63) is 21.9 Å². The Morgan fingerprint density at radius 3 is 3.17 bits per heavy atom. The SMILES string of the molecule is CCCC1CCN(Cc2ccc(C#CCO)s2)C1. The second-order valence-electron chi connectivity index (χ2n) is 4.90. The molecule has 0 amide bonds. The van der Waals surface area contributed by atoms with Crippen molar-refractivity contribution in [2.24, 2.45) is 5.92 Å². The molecule has 1 unspecified atom stereocenters. The molecule has 0 aliphatic carbocycles. The molecule has 98 valence electrons. The average Bonchev–Trinajstić information content (AvgIpc) is 2.98. The maximum atomic E-state index is 8.67. The summed E-state index contributed by atoms with van der Waals surface area (Å²) in [5.74, 6) is 6.57. The molecule has 1 atom stereocenters. The normalized spacial score (nSPS) is 19.8. The molecule has 2 heterocycles. The highest BCUT2D eigenvalue weighted by Crippen LogP contribution is 2.24. The molecule has 1 fully saturated rings. The number of aliphatic hydroxyl groups excluding tert-OH is 1. The molecule has 2 nitrogen and oxygen atoms in total. The summed E-state index contributed by atoms with van der Waals surface area (Å²) in [7, 11) is 0. The Labute approximate surface area is 114 Å². The van der Waals surface area contributed by atoms with Crippen LogP contribution < -0.4 is 0 Å². The summed E-state index contributed by atoms with van der Waals surface area (Å²) < 4.78 is 0. The van der Waals surface area contributed by atoms with Gasteiger partial charge in [0.2, 0.25) is 0 Å². The van der Waals surface area contributed by atoms with Crippen molar-refractivity contribution in [3.63, 3.8) is 0 Å². The summed E-state index contributed by atoms with van der Waals surface area (Å²) in [5.41, 5.74) is 0. The van der Waals surface area contributed by atoms with Crippen LogP contribution in [-0.2, 0) is 6.54 Å². The van der Waals surface area contributed by atoms with Gasteiger partial charge < -0.3 is 5.11 Å². The largest absolute Gasteiger partial charge is 0.384 e. The van der Waals surface area contributed by atoms with Crippen LogP contribution >= 0.6 is 11.3 Å². The number of thiophene rings is 1. The van der Waals surface area contributed by atoms with Crippen molar-refractivity contribution in [2.75, 3.05) is 19.7 Å². The summed E-state index contributed by atoms with van der Waals surface area (Å²) in [6.07, 6.45) is 4.03. The Balaban J connectivity index is 1.85. The first-order valence-electron chi connectivity index (χ1n) is 6.72. The maximum absolute atomic E-state index is 8.67. The van der Waals surface area contributed by atoms with Gasteiger partial charge in [0.25, 0.3) is 0 Å². The summed E-state index contributed by atoms with van der Waals surface area (Å²) >= 11 is 1.75. The van der Waals surface area contributed by atoms with Gasteiger partial charge in [0.1, 0.15) is 6.61 Å². The van der Waals surface area contributed by atoms with Gasteiger partial charge in [0, 0.05) is 18.0 Å². The highest BCUT2D eigenvalue weighted by atomic mass is 32.1. The van der Waals surface area contributed by atoms with Crippen LogP contribution in [0.5, 0.6) is 0 Å². The molecule has 0 radical (unpaired) electrons. The van der Waals surface area contributed by atoms with Crippen molar-refractivity contribution in [1.29, 1.82) is 0 Å². The summed E-state index contributed by atoms with van der Waals surface area (Å²) in [6.45, 7) is 5.77. The lowest BCUT2D eigenvalue weighted by Crippen LogP contribution is -2.19. The zero-order valence-electron chi connectivity index (χ0n) is 11.0. The van der Waals surface area contributed by atoms with Gasteiger partial charge >= 0.3 is 0 Å². The fourth-order valence-corrected chi connectivity index (χ4v) is 3.50. The minimum Gasteiger partial charge on any atom is -0.384 e. The Kier molecular flexibility index (Phi) is 5.25. The predicted octanol–water partition coefficient (Wildman–Crippen LogP) is 2.71. The van der Waals surface area contributed by atoms with Crippen LogP contribution in [-0.4, -0.2) is 29.7 Å². The third-order valence-corrected chi connectivity index (χ3v) is 4.38. The monoisotopic (exact) mass is 263 g/mol. The Morgan fingerprint density at radius 1 is 1.50 bits per heavy atom. The molecule has 1 aromatic heterocycles. The number of hydrogen-bond donors (Lipinski definition) is 1. The first kappa shape index (κ1) is 13.6. The van der Waals surface area contributed by atoms with Gasteiger partial charge in [-0.2, -0.15) is 0 Å². The number of hydrogen-bond acceptors (Lipinski definition) is 3. The lowest BCUT2D eigenvalue weighted by atomic mass is 10.0. The van der Waals surface area contributed by atoms with Crippen molar-refractivity contribution in [3.8, 4) is 11.8 Å². The molecule has 1 aromatic rings. The molecule has 2 rings (SSSR count). The van der Waals surface area contributed by atoms with Crippen LogP contribution in [0.4, 0.5) is 0 Å². The van der Waals surface area contributed by atoms with Crippen molar-refractivity contribution < 1.29 is 5.11 Å². The van der Waals surface area contributed by atoms with Gasteiger partial charge in [0.15, 0.2) is 0 Å². The third kappa shape index (κ3) is 3.84. The van der Waals surface area contributed by atoms with Crippen LogP contribution in [0.2, 0.25) is 0 Å². The van der Waals surface area contributed by atoms with Gasteiger partial charge in [-0.1, -0.05) is 25.2 Å². The summed E-state index contributed by atoms with van der Waals surface area (Å²) in [4.78, 5) is 4.99. The van der Waals surface area contributed by atoms with Crippen LogP contribution in [0, 0.1) is 17.8 Å². The molecule has 18 heavy (non-hydrogen) atoms. The van der Waals surface area contributed by atoms with E-state index in [-0.39, 0.29) is 6.61 Å².